The number of benzene rings is 2. The van der Waals surface area contributed by atoms with Gasteiger partial charge < -0.3 is 15.4 Å². The predicted octanol–water partition coefficient (Wildman–Crippen LogP) is 3.25. The Labute approximate surface area is 165 Å². The van der Waals surface area contributed by atoms with Crippen LogP contribution in [0.3, 0.4) is 0 Å². The van der Waals surface area contributed by atoms with E-state index >= 15 is 0 Å². The van der Waals surface area contributed by atoms with Crippen LogP contribution in [0.15, 0.2) is 47.4 Å². The molecule has 2 N–H and O–H groups in total. The Morgan fingerprint density at radius 1 is 1.22 bits per heavy atom. The lowest BCUT2D eigenvalue weighted by atomic mass is 10.2. The lowest BCUT2D eigenvalue weighted by Crippen LogP contribution is -2.28. The van der Waals surface area contributed by atoms with Gasteiger partial charge in [0, 0.05) is 16.5 Å². The largest absolute Gasteiger partial charge is 0.452 e. The van der Waals surface area contributed by atoms with E-state index in [0.717, 1.165) is 10.5 Å². The fraction of sp³-hybridized carbons (Fsp3) is 0.211. The van der Waals surface area contributed by atoms with Crippen LogP contribution >= 0.6 is 23.4 Å². The molecule has 2 amide bonds. The van der Waals surface area contributed by atoms with Crippen LogP contribution in [0.25, 0.3) is 0 Å². The Balaban J connectivity index is 1.51. The smallest absolute Gasteiger partial charge is 0.338 e. The van der Waals surface area contributed by atoms with Crippen molar-refractivity contribution in [1.82, 2.24) is 5.32 Å². The van der Waals surface area contributed by atoms with Crippen molar-refractivity contribution < 1.29 is 19.1 Å². The zero-order valence-electron chi connectivity index (χ0n) is 14.5. The van der Waals surface area contributed by atoms with Crippen molar-refractivity contribution in [3.63, 3.8) is 0 Å². The second kappa shape index (κ2) is 8.45. The Morgan fingerprint density at radius 2 is 1.96 bits per heavy atom. The molecule has 3 rings (SSSR count). The topological polar surface area (TPSA) is 84.5 Å². The number of carbonyl (C=O) groups excluding carboxylic acids is 3. The van der Waals surface area contributed by atoms with E-state index in [0.29, 0.717) is 17.3 Å². The molecule has 0 fully saturated rings. The summed E-state index contributed by atoms with van der Waals surface area (Å²) in [5, 5.41) is 5.86. The zero-order valence-corrected chi connectivity index (χ0v) is 16.0. The molecule has 0 aromatic heterocycles. The molecule has 0 saturated carbocycles. The minimum atomic E-state index is -0.627. The number of carbonyl (C=O) groups is 3. The van der Waals surface area contributed by atoms with E-state index in [-0.39, 0.29) is 23.3 Å². The van der Waals surface area contributed by atoms with Gasteiger partial charge in [-0.3, -0.25) is 9.59 Å². The third kappa shape index (κ3) is 5.02. The van der Waals surface area contributed by atoms with Crippen molar-refractivity contribution in [2.24, 2.45) is 0 Å². The Hall–Kier alpha value is -2.51. The van der Waals surface area contributed by atoms with Crippen molar-refractivity contribution in [3.8, 4) is 0 Å². The second-order valence-corrected chi connectivity index (χ2v) is 7.76. The van der Waals surface area contributed by atoms with Gasteiger partial charge in [-0.15, -0.1) is 11.8 Å². The molecule has 27 heavy (non-hydrogen) atoms. The number of nitrogens with one attached hydrogen (secondary N) is 2. The monoisotopic (exact) mass is 404 g/mol. The fourth-order valence-electron chi connectivity index (χ4n) is 2.40. The number of ether oxygens (including phenoxy) is 1. The number of hydrogen-bond acceptors (Lipinski definition) is 5. The summed E-state index contributed by atoms with van der Waals surface area (Å²) in [6.45, 7) is 1.74. The predicted molar refractivity (Wildman–Crippen MR) is 104 cm³/mol. The number of anilines is 1. The number of amides is 2. The van der Waals surface area contributed by atoms with Gasteiger partial charge in [-0.1, -0.05) is 23.7 Å². The molecule has 2 aromatic rings. The average molecular weight is 405 g/mol. The highest BCUT2D eigenvalue weighted by atomic mass is 35.5. The van der Waals surface area contributed by atoms with E-state index in [1.54, 1.807) is 42.5 Å². The van der Waals surface area contributed by atoms with Crippen LogP contribution in [0.2, 0.25) is 5.02 Å². The van der Waals surface area contributed by atoms with E-state index in [4.69, 9.17) is 16.3 Å². The highest BCUT2D eigenvalue weighted by Crippen LogP contribution is 2.35. The molecular formula is C19H17ClN2O4S. The molecule has 140 valence electrons. The van der Waals surface area contributed by atoms with E-state index in [1.807, 2.05) is 6.92 Å². The van der Waals surface area contributed by atoms with Gasteiger partial charge in [0.2, 0.25) is 5.91 Å². The van der Waals surface area contributed by atoms with Crippen molar-refractivity contribution in [2.45, 2.75) is 23.6 Å². The molecule has 2 aromatic carbocycles. The van der Waals surface area contributed by atoms with Crippen molar-refractivity contribution in [2.75, 3.05) is 11.9 Å². The van der Waals surface area contributed by atoms with Crippen molar-refractivity contribution in [1.29, 1.82) is 0 Å². The van der Waals surface area contributed by atoms with E-state index < -0.39 is 11.9 Å². The minimum Gasteiger partial charge on any atom is -0.452 e. The lowest BCUT2D eigenvalue weighted by Gasteiger charge is -2.21. The maximum atomic E-state index is 12.2. The molecule has 1 atom stereocenters. The maximum Gasteiger partial charge on any atom is 0.338 e. The minimum absolute atomic E-state index is 0.111. The first-order valence-corrected chi connectivity index (χ1v) is 9.48. The first kappa shape index (κ1) is 19.3. The number of thioether (sulfide) groups is 1. The van der Waals surface area contributed by atoms with Crippen molar-refractivity contribution >= 4 is 46.8 Å². The molecule has 0 saturated heterocycles. The van der Waals surface area contributed by atoms with Crippen LogP contribution in [-0.4, -0.2) is 29.6 Å². The fourth-order valence-corrected chi connectivity index (χ4v) is 3.46. The standard InChI is InChI=1S/C19H17ClN2O4S/c1-11-18(24)22-15-8-13(4-7-16(15)27-11)19(25)26-10-17(23)21-9-12-2-5-14(20)6-3-12/h2-8,11H,9-10H2,1H3,(H,21,23)(H,22,24)/t11-/m1/s1. The molecule has 1 aliphatic rings. The van der Waals surface area contributed by atoms with Crippen LogP contribution in [0.4, 0.5) is 5.69 Å². The van der Waals surface area contributed by atoms with Crippen LogP contribution in [-0.2, 0) is 20.9 Å². The summed E-state index contributed by atoms with van der Waals surface area (Å²) in [5.41, 5.74) is 1.73. The quantitative estimate of drug-likeness (QED) is 0.747. The average Bonchev–Trinajstić information content (AvgIpc) is 2.66. The number of hydrogen-bond donors (Lipinski definition) is 2. The highest BCUT2D eigenvalue weighted by molar-refractivity contribution is 8.00. The molecule has 0 bridgehead atoms. The summed E-state index contributed by atoms with van der Waals surface area (Å²) in [5.74, 6) is -1.15. The summed E-state index contributed by atoms with van der Waals surface area (Å²) in [7, 11) is 0. The first-order valence-electron chi connectivity index (χ1n) is 8.22. The second-order valence-electron chi connectivity index (χ2n) is 5.94. The first-order chi connectivity index (χ1) is 12.9. The summed E-state index contributed by atoms with van der Waals surface area (Å²) >= 11 is 7.23. The summed E-state index contributed by atoms with van der Waals surface area (Å²) in [4.78, 5) is 36.7. The summed E-state index contributed by atoms with van der Waals surface area (Å²) < 4.78 is 5.04. The van der Waals surface area contributed by atoms with E-state index in [9.17, 15) is 14.4 Å². The molecule has 0 radical (unpaired) electrons. The zero-order chi connectivity index (χ0) is 19.4. The van der Waals surface area contributed by atoms with Gasteiger partial charge in [0.05, 0.1) is 16.5 Å². The maximum absolute atomic E-state index is 12.2. The van der Waals surface area contributed by atoms with Gasteiger partial charge in [0.25, 0.3) is 5.91 Å². The molecule has 0 unspecified atom stereocenters. The Bertz CT molecular complexity index is 886. The third-order valence-electron chi connectivity index (χ3n) is 3.88. The summed E-state index contributed by atoms with van der Waals surface area (Å²) in [6.07, 6.45) is 0. The van der Waals surface area contributed by atoms with Gasteiger partial charge in [-0.05, 0) is 42.8 Å². The molecule has 1 heterocycles. The van der Waals surface area contributed by atoms with Crippen LogP contribution < -0.4 is 10.6 Å². The van der Waals surface area contributed by atoms with Gasteiger partial charge in [0.1, 0.15) is 0 Å². The van der Waals surface area contributed by atoms with Gasteiger partial charge in [0.15, 0.2) is 6.61 Å². The molecule has 0 aliphatic carbocycles. The van der Waals surface area contributed by atoms with E-state index in [2.05, 4.69) is 10.6 Å². The van der Waals surface area contributed by atoms with Gasteiger partial charge in [-0.2, -0.15) is 0 Å². The molecule has 1 aliphatic heterocycles. The van der Waals surface area contributed by atoms with Crippen LogP contribution in [0, 0.1) is 0 Å². The number of rotatable bonds is 5. The van der Waals surface area contributed by atoms with Crippen LogP contribution in [0.1, 0.15) is 22.8 Å². The van der Waals surface area contributed by atoms with Crippen LogP contribution in [0.5, 0.6) is 0 Å². The Kier molecular flexibility index (Phi) is 6.03. The van der Waals surface area contributed by atoms with E-state index in [1.165, 1.54) is 11.8 Å². The molecule has 0 spiro atoms. The molecular weight excluding hydrogens is 388 g/mol. The van der Waals surface area contributed by atoms with Crippen molar-refractivity contribution in [3.05, 3.63) is 58.6 Å². The number of esters is 1. The number of halogens is 1. The lowest BCUT2D eigenvalue weighted by molar-refractivity contribution is -0.124. The number of fused-ring (bicyclic) bond motifs is 1. The SMILES string of the molecule is C[C@H]1Sc2ccc(C(=O)OCC(=O)NCc3ccc(Cl)cc3)cc2NC1=O. The third-order valence-corrected chi connectivity index (χ3v) is 5.31. The highest BCUT2D eigenvalue weighted by Gasteiger charge is 2.24. The van der Waals surface area contributed by atoms with Gasteiger partial charge in [-0.25, -0.2) is 4.79 Å². The normalized spacial score (nSPS) is 15.5. The molecule has 8 heteroatoms. The summed E-state index contributed by atoms with van der Waals surface area (Å²) in [6, 6.07) is 12.0. The molecule has 6 nitrogen and oxygen atoms in total. The van der Waals surface area contributed by atoms with Gasteiger partial charge >= 0.3 is 5.97 Å². The Morgan fingerprint density at radius 3 is 2.70 bits per heavy atom.